The second-order valence-electron chi connectivity index (χ2n) is 3.63. The molecule has 0 aliphatic heterocycles. The lowest BCUT2D eigenvalue weighted by molar-refractivity contribution is -0.384. The second kappa shape index (κ2) is 4.60. The van der Waals surface area contributed by atoms with Gasteiger partial charge in [-0.2, -0.15) is 0 Å². The normalized spacial score (nSPS) is 12.4. The van der Waals surface area contributed by atoms with Crippen LogP contribution in [0.5, 0.6) is 0 Å². The van der Waals surface area contributed by atoms with Crippen LogP contribution in [-0.2, 0) is 0 Å². The summed E-state index contributed by atoms with van der Waals surface area (Å²) in [6.07, 6.45) is 0. The largest absolute Gasteiger partial charge is 0.322 e. The van der Waals surface area contributed by atoms with Crippen molar-refractivity contribution in [3.8, 4) is 11.3 Å². The standard InChI is InChI=1S/C11H11N3O2S/c1-7(12)11-13-9(6-17-11)8-4-2-3-5-10(8)14(15)16/h2-7H,12H2,1H3. The Bertz CT molecular complexity index is 551. The van der Waals surface area contributed by atoms with Crippen LogP contribution in [0.25, 0.3) is 11.3 Å². The Labute approximate surface area is 102 Å². The summed E-state index contributed by atoms with van der Waals surface area (Å²) in [5.74, 6) is 0. The maximum Gasteiger partial charge on any atom is 0.278 e. The van der Waals surface area contributed by atoms with E-state index in [0.717, 1.165) is 5.01 Å². The van der Waals surface area contributed by atoms with Gasteiger partial charge in [-0.1, -0.05) is 12.1 Å². The molecule has 0 radical (unpaired) electrons. The predicted molar refractivity (Wildman–Crippen MR) is 66.8 cm³/mol. The van der Waals surface area contributed by atoms with Gasteiger partial charge in [-0.05, 0) is 13.0 Å². The highest BCUT2D eigenvalue weighted by atomic mass is 32.1. The number of nitrogens with two attached hydrogens (primary N) is 1. The number of nitro groups is 1. The van der Waals surface area contributed by atoms with Crippen molar-refractivity contribution in [1.82, 2.24) is 4.98 Å². The summed E-state index contributed by atoms with van der Waals surface area (Å²) in [7, 11) is 0. The van der Waals surface area contributed by atoms with Gasteiger partial charge >= 0.3 is 0 Å². The number of hydrogen-bond donors (Lipinski definition) is 1. The molecule has 6 heteroatoms. The molecule has 1 unspecified atom stereocenters. The summed E-state index contributed by atoms with van der Waals surface area (Å²) in [6.45, 7) is 1.84. The van der Waals surface area contributed by atoms with Gasteiger partial charge in [-0.3, -0.25) is 10.1 Å². The third-order valence-electron chi connectivity index (χ3n) is 2.29. The van der Waals surface area contributed by atoms with Gasteiger partial charge in [-0.15, -0.1) is 11.3 Å². The van der Waals surface area contributed by atoms with E-state index in [1.807, 2.05) is 6.92 Å². The molecule has 2 aromatic rings. The summed E-state index contributed by atoms with van der Waals surface area (Å²) in [5, 5.41) is 13.5. The first kappa shape index (κ1) is 11.7. The zero-order valence-corrected chi connectivity index (χ0v) is 9.98. The highest BCUT2D eigenvalue weighted by Gasteiger charge is 2.17. The molecule has 0 saturated heterocycles. The smallest absolute Gasteiger partial charge is 0.278 e. The lowest BCUT2D eigenvalue weighted by atomic mass is 10.1. The molecule has 0 bridgehead atoms. The van der Waals surface area contributed by atoms with Crippen LogP contribution in [0.1, 0.15) is 18.0 Å². The molecule has 5 nitrogen and oxygen atoms in total. The molecule has 2 N–H and O–H groups in total. The highest BCUT2D eigenvalue weighted by molar-refractivity contribution is 7.10. The summed E-state index contributed by atoms with van der Waals surface area (Å²) < 4.78 is 0. The minimum atomic E-state index is -0.403. The molecular weight excluding hydrogens is 238 g/mol. The molecule has 0 aliphatic rings. The van der Waals surface area contributed by atoms with E-state index in [1.165, 1.54) is 17.4 Å². The Morgan fingerprint density at radius 1 is 1.47 bits per heavy atom. The maximum absolute atomic E-state index is 10.9. The predicted octanol–water partition coefficient (Wildman–Crippen LogP) is 2.74. The zero-order valence-electron chi connectivity index (χ0n) is 9.16. The van der Waals surface area contributed by atoms with Crippen molar-refractivity contribution in [2.75, 3.05) is 0 Å². The highest BCUT2D eigenvalue weighted by Crippen LogP contribution is 2.31. The molecule has 1 atom stereocenters. The van der Waals surface area contributed by atoms with Crippen molar-refractivity contribution in [1.29, 1.82) is 0 Å². The number of benzene rings is 1. The summed E-state index contributed by atoms with van der Waals surface area (Å²) >= 11 is 1.41. The van der Waals surface area contributed by atoms with E-state index < -0.39 is 4.92 Å². The average Bonchev–Trinajstić information content (AvgIpc) is 2.78. The monoisotopic (exact) mass is 249 g/mol. The first-order valence-corrected chi connectivity index (χ1v) is 5.92. The van der Waals surface area contributed by atoms with E-state index in [4.69, 9.17) is 5.73 Å². The molecule has 0 amide bonds. The van der Waals surface area contributed by atoms with Crippen molar-refractivity contribution in [3.63, 3.8) is 0 Å². The number of thiazole rings is 1. The second-order valence-corrected chi connectivity index (χ2v) is 4.52. The summed E-state index contributed by atoms with van der Waals surface area (Å²) in [4.78, 5) is 14.8. The zero-order chi connectivity index (χ0) is 12.4. The van der Waals surface area contributed by atoms with Crippen molar-refractivity contribution in [2.45, 2.75) is 13.0 Å². The van der Waals surface area contributed by atoms with E-state index >= 15 is 0 Å². The Morgan fingerprint density at radius 2 is 2.18 bits per heavy atom. The number of para-hydroxylation sites is 1. The first-order chi connectivity index (χ1) is 8.09. The molecule has 0 fully saturated rings. The molecule has 2 rings (SSSR count). The lowest BCUT2D eigenvalue weighted by Gasteiger charge is -1.99. The molecule has 1 aromatic heterocycles. The van der Waals surface area contributed by atoms with Gasteiger partial charge in [0.05, 0.1) is 22.2 Å². The molecule has 0 aliphatic carbocycles. The topological polar surface area (TPSA) is 82.0 Å². The first-order valence-electron chi connectivity index (χ1n) is 5.04. The van der Waals surface area contributed by atoms with Crippen LogP contribution >= 0.6 is 11.3 Å². The summed E-state index contributed by atoms with van der Waals surface area (Å²) in [5.41, 5.74) is 6.92. The van der Waals surface area contributed by atoms with Crippen LogP contribution in [0, 0.1) is 10.1 Å². The Hall–Kier alpha value is -1.79. The van der Waals surface area contributed by atoms with Crippen molar-refractivity contribution < 1.29 is 4.92 Å². The number of aromatic nitrogens is 1. The number of rotatable bonds is 3. The van der Waals surface area contributed by atoms with Crippen LogP contribution < -0.4 is 5.73 Å². The van der Waals surface area contributed by atoms with Crippen LogP contribution in [0.2, 0.25) is 0 Å². The van der Waals surface area contributed by atoms with Crippen molar-refractivity contribution >= 4 is 17.0 Å². The molecule has 17 heavy (non-hydrogen) atoms. The Kier molecular flexibility index (Phi) is 3.16. The SMILES string of the molecule is CC(N)c1nc(-c2ccccc2[N+](=O)[O-])cs1. The fraction of sp³-hybridized carbons (Fsp3) is 0.182. The van der Waals surface area contributed by atoms with Gasteiger partial charge in [0.25, 0.3) is 5.69 Å². The molecule has 0 saturated carbocycles. The van der Waals surface area contributed by atoms with Gasteiger partial charge in [0.2, 0.25) is 0 Å². The third-order valence-corrected chi connectivity index (χ3v) is 3.33. The van der Waals surface area contributed by atoms with E-state index in [-0.39, 0.29) is 11.7 Å². The van der Waals surface area contributed by atoms with Gasteiger partial charge < -0.3 is 5.73 Å². The number of nitro benzene ring substituents is 1. The molecular formula is C11H11N3O2S. The van der Waals surface area contributed by atoms with Crippen LogP contribution in [0.3, 0.4) is 0 Å². The van der Waals surface area contributed by atoms with Crippen molar-refractivity contribution in [2.24, 2.45) is 5.73 Å². The van der Waals surface area contributed by atoms with E-state index in [2.05, 4.69) is 4.98 Å². The number of hydrogen-bond acceptors (Lipinski definition) is 5. The average molecular weight is 249 g/mol. The molecule has 1 aromatic carbocycles. The van der Waals surface area contributed by atoms with Gasteiger partial charge in [-0.25, -0.2) is 4.98 Å². The Morgan fingerprint density at radius 3 is 2.76 bits per heavy atom. The fourth-order valence-corrected chi connectivity index (χ4v) is 2.25. The van der Waals surface area contributed by atoms with Crippen LogP contribution in [0.15, 0.2) is 29.6 Å². The molecule has 1 heterocycles. The van der Waals surface area contributed by atoms with E-state index in [1.54, 1.807) is 23.6 Å². The van der Waals surface area contributed by atoms with Crippen LogP contribution in [0.4, 0.5) is 5.69 Å². The fourth-order valence-electron chi connectivity index (χ4n) is 1.47. The quantitative estimate of drug-likeness (QED) is 0.669. The minimum absolute atomic E-state index is 0.0639. The van der Waals surface area contributed by atoms with Gasteiger partial charge in [0.1, 0.15) is 5.01 Å². The maximum atomic E-state index is 10.9. The van der Waals surface area contributed by atoms with Gasteiger partial charge in [0, 0.05) is 11.4 Å². The van der Waals surface area contributed by atoms with Gasteiger partial charge in [0.15, 0.2) is 0 Å². The van der Waals surface area contributed by atoms with Crippen LogP contribution in [-0.4, -0.2) is 9.91 Å². The van der Waals surface area contributed by atoms with E-state index in [9.17, 15) is 10.1 Å². The van der Waals surface area contributed by atoms with E-state index in [0.29, 0.717) is 11.3 Å². The number of nitrogens with zero attached hydrogens (tertiary/aromatic N) is 2. The molecule has 0 spiro atoms. The van der Waals surface area contributed by atoms with Crippen molar-refractivity contribution in [3.05, 3.63) is 44.8 Å². The summed E-state index contributed by atoms with van der Waals surface area (Å²) in [6, 6.07) is 6.41. The third kappa shape index (κ3) is 2.32. The molecule has 88 valence electrons. The lowest BCUT2D eigenvalue weighted by Crippen LogP contribution is -2.04. The Balaban J connectivity index is 2.49. The minimum Gasteiger partial charge on any atom is -0.322 e.